The summed E-state index contributed by atoms with van der Waals surface area (Å²) in [6.45, 7) is 19.9. The van der Waals surface area contributed by atoms with Crippen molar-refractivity contribution in [2.45, 2.75) is 90.3 Å². The largest absolute Gasteiger partial charge is 0.444 e. The molecule has 5 nitrogen and oxygen atoms in total. The summed E-state index contributed by atoms with van der Waals surface area (Å²) in [5.74, 6) is 0. The van der Waals surface area contributed by atoms with Gasteiger partial charge >= 0.3 is 6.09 Å². The molecule has 1 aliphatic rings. The molecule has 0 radical (unpaired) electrons. The molecular weight excluding hydrogens is 322 g/mol. The first kappa shape index (κ1) is 21.4. The second-order valence-electron chi connectivity index (χ2n) is 9.73. The number of amides is 1. The highest BCUT2D eigenvalue weighted by atomic mass is 28.4. The molecule has 0 saturated carbocycles. The molecule has 1 amide bonds. The van der Waals surface area contributed by atoms with Crippen LogP contribution in [0.25, 0.3) is 0 Å². The lowest BCUT2D eigenvalue weighted by atomic mass is 10.00. The van der Waals surface area contributed by atoms with Gasteiger partial charge in [0.15, 0.2) is 8.32 Å². The Morgan fingerprint density at radius 2 is 1.75 bits per heavy atom. The Balaban J connectivity index is 2.94. The van der Waals surface area contributed by atoms with E-state index in [9.17, 15) is 4.79 Å². The molecule has 0 bridgehead atoms. The first-order valence-corrected chi connectivity index (χ1v) is 11.7. The Labute approximate surface area is 149 Å². The molecule has 1 saturated heterocycles. The zero-order valence-corrected chi connectivity index (χ0v) is 18.3. The van der Waals surface area contributed by atoms with Crippen LogP contribution in [0.2, 0.25) is 18.1 Å². The maximum Gasteiger partial charge on any atom is 0.410 e. The minimum absolute atomic E-state index is 0.0264. The fourth-order valence-electron chi connectivity index (χ4n) is 2.82. The number of rotatable bonds is 4. The van der Waals surface area contributed by atoms with Gasteiger partial charge in [-0.25, -0.2) is 4.79 Å². The summed E-state index contributed by atoms with van der Waals surface area (Å²) in [4.78, 5) is 14.5. The second-order valence-corrected chi connectivity index (χ2v) is 14.5. The van der Waals surface area contributed by atoms with Crippen molar-refractivity contribution in [3.8, 4) is 0 Å². The molecule has 0 aromatic rings. The average Bonchev–Trinajstić information content (AvgIpc) is 2.62. The van der Waals surface area contributed by atoms with Crippen molar-refractivity contribution >= 4 is 14.4 Å². The summed E-state index contributed by atoms with van der Waals surface area (Å²) in [5.41, 5.74) is -0.909. The average molecular weight is 360 g/mol. The van der Waals surface area contributed by atoms with Crippen molar-refractivity contribution in [2.75, 3.05) is 20.3 Å². The highest BCUT2D eigenvalue weighted by Gasteiger charge is 2.49. The molecule has 1 heterocycles. The van der Waals surface area contributed by atoms with Gasteiger partial charge in [-0.3, -0.25) is 4.90 Å². The number of carbonyl (C=O) groups excluding carboxylic acids is 1. The number of carbonyl (C=O) groups is 1. The lowest BCUT2D eigenvalue weighted by molar-refractivity contribution is -0.00580. The maximum absolute atomic E-state index is 12.7. The number of hydrogen-bond acceptors (Lipinski definition) is 4. The zero-order chi connectivity index (χ0) is 19.0. The standard InChI is InChI=1S/C18H37NO4Si/c1-16(2,3)22-15(20)19-12-14(11-18(19,7)13-21-8)23-24(9,10)17(4,5)6/h14H,11-13H2,1-10H3/t14-,18+/m1/s1. The summed E-state index contributed by atoms with van der Waals surface area (Å²) in [6.07, 6.45) is 0.508. The molecule has 0 aromatic heterocycles. The normalized spacial score (nSPS) is 25.9. The summed E-state index contributed by atoms with van der Waals surface area (Å²) in [7, 11) is -0.219. The highest BCUT2D eigenvalue weighted by molar-refractivity contribution is 6.74. The second kappa shape index (κ2) is 6.96. The van der Waals surface area contributed by atoms with E-state index >= 15 is 0 Å². The molecule has 1 aliphatic heterocycles. The number of likely N-dealkylation sites (tertiary alicyclic amines) is 1. The first-order valence-electron chi connectivity index (χ1n) is 8.79. The minimum Gasteiger partial charge on any atom is -0.444 e. The van der Waals surface area contributed by atoms with Crippen LogP contribution in [0.1, 0.15) is 54.9 Å². The number of ether oxygens (including phenoxy) is 2. The van der Waals surface area contributed by atoms with Crippen LogP contribution >= 0.6 is 0 Å². The molecule has 1 rings (SSSR count). The van der Waals surface area contributed by atoms with Gasteiger partial charge in [-0.1, -0.05) is 20.8 Å². The highest BCUT2D eigenvalue weighted by Crippen LogP contribution is 2.41. The summed E-state index contributed by atoms with van der Waals surface area (Å²) in [6, 6.07) is 0. The molecule has 0 unspecified atom stereocenters. The molecule has 142 valence electrons. The SMILES string of the molecule is COC[C@]1(C)C[C@@H](O[Si](C)(C)C(C)(C)C)CN1C(=O)OC(C)(C)C. The van der Waals surface area contributed by atoms with Crippen LogP contribution < -0.4 is 0 Å². The van der Waals surface area contributed by atoms with Gasteiger partial charge in [0.1, 0.15) is 5.60 Å². The van der Waals surface area contributed by atoms with E-state index < -0.39 is 19.5 Å². The molecule has 0 spiro atoms. The Morgan fingerprint density at radius 3 is 2.17 bits per heavy atom. The van der Waals surface area contributed by atoms with Crippen molar-refractivity contribution in [1.29, 1.82) is 0 Å². The maximum atomic E-state index is 12.7. The van der Waals surface area contributed by atoms with Crippen molar-refractivity contribution in [1.82, 2.24) is 4.90 Å². The van der Waals surface area contributed by atoms with Crippen LogP contribution in [0.15, 0.2) is 0 Å². The predicted octanol–water partition coefficient (Wildman–Crippen LogP) is 4.42. The van der Waals surface area contributed by atoms with Crippen molar-refractivity contribution in [2.24, 2.45) is 0 Å². The molecule has 0 aromatic carbocycles. The van der Waals surface area contributed by atoms with Crippen LogP contribution in [0.4, 0.5) is 4.79 Å². The first-order chi connectivity index (χ1) is 10.6. The molecule has 1 fully saturated rings. The van der Waals surface area contributed by atoms with E-state index in [0.29, 0.717) is 13.2 Å². The molecule has 0 N–H and O–H groups in total. The van der Waals surface area contributed by atoms with Gasteiger partial charge in [-0.2, -0.15) is 0 Å². The van der Waals surface area contributed by atoms with Gasteiger partial charge in [0.05, 0.1) is 18.2 Å². The van der Waals surface area contributed by atoms with Gasteiger partial charge in [0.2, 0.25) is 0 Å². The third kappa shape index (κ3) is 5.20. The minimum atomic E-state index is -1.89. The number of hydrogen-bond donors (Lipinski definition) is 0. The van der Waals surface area contributed by atoms with Crippen LogP contribution in [-0.4, -0.2) is 56.8 Å². The zero-order valence-electron chi connectivity index (χ0n) is 17.3. The van der Waals surface area contributed by atoms with Crippen LogP contribution in [0, 0.1) is 0 Å². The fourth-order valence-corrected chi connectivity index (χ4v) is 4.17. The molecule has 2 atom stereocenters. The summed E-state index contributed by atoms with van der Waals surface area (Å²) < 4.78 is 17.5. The van der Waals surface area contributed by atoms with Crippen molar-refractivity contribution < 1.29 is 18.7 Å². The Bertz CT molecular complexity index is 453. The molecule has 0 aliphatic carbocycles. The lowest BCUT2D eigenvalue weighted by Gasteiger charge is -2.38. The predicted molar refractivity (Wildman–Crippen MR) is 99.9 cm³/mol. The van der Waals surface area contributed by atoms with Gasteiger partial charge < -0.3 is 13.9 Å². The number of methoxy groups -OCH3 is 1. The molecular formula is C18H37NO4Si. The summed E-state index contributed by atoms with van der Waals surface area (Å²) in [5, 5.41) is 0.143. The van der Waals surface area contributed by atoms with Crippen molar-refractivity contribution in [3.05, 3.63) is 0 Å². The third-order valence-electron chi connectivity index (χ3n) is 5.04. The van der Waals surface area contributed by atoms with Gasteiger partial charge in [0, 0.05) is 13.7 Å². The van der Waals surface area contributed by atoms with E-state index in [1.807, 2.05) is 20.8 Å². The monoisotopic (exact) mass is 359 g/mol. The smallest absolute Gasteiger partial charge is 0.410 e. The van der Waals surface area contributed by atoms with Crippen molar-refractivity contribution in [3.63, 3.8) is 0 Å². The van der Waals surface area contributed by atoms with E-state index in [1.165, 1.54) is 0 Å². The summed E-state index contributed by atoms with van der Waals surface area (Å²) >= 11 is 0. The molecule has 24 heavy (non-hydrogen) atoms. The number of nitrogens with zero attached hydrogens (tertiary/aromatic N) is 1. The molecule has 6 heteroatoms. The quantitative estimate of drug-likeness (QED) is 0.697. The Kier molecular flexibility index (Phi) is 6.22. The van der Waals surface area contributed by atoms with Gasteiger partial charge in [-0.15, -0.1) is 0 Å². The van der Waals surface area contributed by atoms with Crippen LogP contribution in [0.3, 0.4) is 0 Å². The topological polar surface area (TPSA) is 48.0 Å². The van der Waals surface area contributed by atoms with E-state index in [0.717, 1.165) is 6.42 Å². The lowest BCUT2D eigenvalue weighted by Crippen LogP contribution is -2.49. The van der Waals surface area contributed by atoms with E-state index in [2.05, 4.69) is 40.8 Å². The fraction of sp³-hybridized carbons (Fsp3) is 0.944. The van der Waals surface area contributed by atoms with E-state index in [-0.39, 0.29) is 17.2 Å². The van der Waals surface area contributed by atoms with Gasteiger partial charge in [-0.05, 0) is 52.2 Å². The Morgan fingerprint density at radius 1 is 1.21 bits per heavy atom. The van der Waals surface area contributed by atoms with E-state index in [4.69, 9.17) is 13.9 Å². The van der Waals surface area contributed by atoms with E-state index in [1.54, 1.807) is 12.0 Å². The van der Waals surface area contributed by atoms with Crippen LogP contribution in [-0.2, 0) is 13.9 Å². The third-order valence-corrected chi connectivity index (χ3v) is 9.58. The van der Waals surface area contributed by atoms with Gasteiger partial charge in [0.25, 0.3) is 0 Å². The Hall–Kier alpha value is -0.593. The van der Waals surface area contributed by atoms with Crippen LogP contribution in [0.5, 0.6) is 0 Å².